The van der Waals surface area contributed by atoms with Crippen molar-refractivity contribution in [3.05, 3.63) is 35.2 Å². The van der Waals surface area contributed by atoms with E-state index in [1.54, 1.807) is 12.1 Å². The Morgan fingerprint density at radius 2 is 2.16 bits per heavy atom. The van der Waals surface area contributed by atoms with Gasteiger partial charge >= 0.3 is 0 Å². The molecule has 1 amide bonds. The van der Waals surface area contributed by atoms with Crippen molar-refractivity contribution in [2.45, 2.75) is 25.7 Å². The highest BCUT2D eigenvalue weighted by molar-refractivity contribution is 6.30. The SMILES string of the molecule is CC(CN)C(=O)N1CCCC(c2nc(-c3ccc(Cl)cc3)no2)C1.Cl. The second-order valence-electron chi connectivity index (χ2n) is 6.22. The second kappa shape index (κ2) is 8.65. The Bertz CT molecular complexity index is 705. The monoisotopic (exact) mass is 384 g/mol. The summed E-state index contributed by atoms with van der Waals surface area (Å²) in [6, 6.07) is 7.30. The van der Waals surface area contributed by atoms with Crippen molar-refractivity contribution < 1.29 is 9.32 Å². The molecular weight excluding hydrogens is 363 g/mol. The number of carbonyl (C=O) groups excluding carboxylic acids is 1. The Labute approximate surface area is 158 Å². The summed E-state index contributed by atoms with van der Waals surface area (Å²) in [5.74, 6) is 1.13. The molecule has 1 aliphatic heterocycles. The summed E-state index contributed by atoms with van der Waals surface area (Å²) < 4.78 is 5.45. The molecule has 3 rings (SSSR count). The fourth-order valence-corrected chi connectivity index (χ4v) is 3.03. The Balaban J connectivity index is 0.00000225. The van der Waals surface area contributed by atoms with Crippen LogP contribution in [0.15, 0.2) is 28.8 Å². The number of halogens is 2. The number of benzene rings is 1. The summed E-state index contributed by atoms with van der Waals surface area (Å²) >= 11 is 5.90. The molecule has 1 aliphatic rings. The third-order valence-corrected chi connectivity index (χ3v) is 4.65. The van der Waals surface area contributed by atoms with E-state index in [-0.39, 0.29) is 30.2 Å². The van der Waals surface area contributed by atoms with Crippen LogP contribution in [0.4, 0.5) is 0 Å². The first-order valence-corrected chi connectivity index (χ1v) is 8.54. The lowest BCUT2D eigenvalue weighted by atomic mass is 9.96. The third-order valence-electron chi connectivity index (χ3n) is 4.40. The van der Waals surface area contributed by atoms with Gasteiger partial charge in [0.05, 0.1) is 5.92 Å². The van der Waals surface area contributed by atoms with Crippen LogP contribution in [-0.4, -0.2) is 40.6 Å². The molecule has 136 valence electrons. The van der Waals surface area contributed by atoms with Crippen LogP contribution in [0.1, 0.15) is 31.6 Å². The lowest BCUT2D eigenvalue weighted by Gasteiger charge is -2.32. The minimum Gasteiger partial charge on any atom is -0.342 e. The van der Waals surface area contributed by atoms with Gasteiger partial charge in [0.1, 0.15) is 0 Å². The van der Waals surface area contributed by atoms with E-state index in [9.17, 15) is 4.79 Å². The van der Waals surface area contributed by atoms with Gasteiger partial charge in [0.15, 0.2) is 0 Å². The van der Waals surface area contributed by atoms with Crippen molar-refractivity contribution in [3.63, 3.8) is 0 Å². The molecule has 0 saturated carbocycles. The zero-order chi connectivity index (χ0) is 17.1. The fourth-order valence-electron chi connectivity index (χ4n) is 2.91. The van der Waals surface area contributed by atoms with Crippen LogP contribution in [0.5, 0.6) is 0 Å². The topological polar surface area (TPSA) is 85.3 Å². The standard InChI is InChI=1S/C17H21ClN4O2.ClH/c1-11(9-19)17(23)22-8-2-3-13(10-22)16-20-15(21-24-16)12-4-6-14(18)7-5-12;/h4-7,11,13H,2-3,8-10,19H2,1H3;1H. The lowest BCUT2D eigenvalue weighted by molar-refractivity contribution is -0.136. The minimum atomic E-state index is -0.156. The van der Waals surface area contributed by atoms with Crippen LogP contribution in [0.2, 0.25) is 5.02 Å². The van der Waals surface area contributed by atoms with Gasteiger partial charge in [-0.05, 0) is 37.1 Å². The molecule has 6 nitrogen and oxygen atoms in total. The molecule has 8 heteroatoms. The number of nitrogens with zero attached hydrogens (tertiary/aromatic N) is 3. The zero-order valence-electron chi connectivity index (χ0n) is 14.0. The summed E-state index contributed by atoms with van der Waals surface area (Å²) in [6.45, 7) is 3.59. The predicted octanol–water partition coefficient (Wildman–Crippen LogP) is 3.11. The number of hydrogen-bond acceptors (Lipinski definition) is 5. The Morgan fingerprint density at radius 1 is 1.44 bits per heavy atom. The highest BCUT2D eigenvalue weighted by atomic mass is 35.5. The van der Waals surface area contributed by atoms with Gasteiger partial charge in [0.2, 0.25) is 17.6 Å². The summed E-state index contributed by atoms with van der Waals surface area (Å²) in [5.41, 5.74) is 6.46. The number of carbonyl (C=O) groups is 1. The highest BCUT2D eigenvalue weighted by Gasteiger charge is 2.30. The maximum Gasteiger partial charge on any atom is 0.231 e. The van der Waals surface area contributed by atoms with E-state index < -0.39 is 0 Å². The number of nitrogens with two attached hydrogens (primary N) is 1. The van der Waals surface area contributed by atoms with Crippen LogP contribution < -0.4 is 5.73 Å². The molecule has 2 aromatic rings. The van der Waals surface area contributed by atoms with Gasteiger partial charge in [-0.2, -0.15) is 4.98 Å². The van der Waals surface area contributed by atoms with Gasteiger partial charge in [0.25, 0.3) is 0 Å². The largest absolute Gasteiger partial charge is 0.342 e. The van der Waals surface area contributed by atoms with E-state index in [2.05, 4.69) is 10.1 Å². The van der Waals surface area contributed by atoms with Gasteiger partial charge in [0, 0.05) is 36.1 Å². The van der Waals surface area contributed by atoms with Gasteiger partial charge < -0.3 is 15.2 Å². The molecule has 2 atom stereocenters. The molecular formula is C17H22Cl2N4O2. The Morgan fingerprint density at radius 3 is 2.84 bits per heavy atom. The average Bonchev–Trinajstić information content (AvgIpc) is 3.11. The van der Waals surface area contributed by atoms with Crippen molar-refractivity contribution in [1.82, 2.24) is 15.0 Å². The number of likely N-dealkylation sites (tertiary alicyclic amines) is 1. The normalized spacial score (nSPS) is 18.5. The van der Waals surface area contributed by atoms with E-state index in [4.69, 9.17) is 21.9 Å². The lowest BCUT2D eigenvalue weighted by Crippen LogP contribution is -2.43. The second-order valence-corrected chi connectivity index (χ2v) is 6.66. The van der Waals surface area contributed by atoms with Crippen LogP contribution in [0.25, 0.3) is 11.4 Å². The van der Waals surface area contributed by atoms with E-state index in [1.807, 2.05) is 24.0 Å². The first kappa shape index (κ1) is 19.7. The fraction of sp³-hybridized carbons (Fsp3) is 0.471. The van der Waals surface area contributed by atoms with Crippen molar-refractivity contribution in [3.8, 4) is 11.4 Å². The van der Waals surface area contributed by atoms with Crippen molar-refractivity contribution >= 4 is 29.9 Å². The first-order valence-electron chi connectivity index (χ1n) is 8.17. The van der Waals surface area contributed by atoms with Gasteiger partial charge in [-0.3, -0.25) is 4.79 Å². The molecule has 2 N–H and O–H groups in total. The molecule has 2 unspecified atom stereocenters. The number of piperidine rings is 1. The van der Waals surface area contributed by atoms with Gasteiger partial charge in [-0.1, -0.05) is 23.7 Å². The molecule has 1 aromatic heterocycles. The molecule has 25 heavy (non-hydrogen) atoms. The quantitative estimate of drug-likeness (QED) is 0.874. The van der Waals surface area contributed by atoms with Crippen molar-refractivity contribution in [2.75, 3.05) is 19.6 Å². The molecule has 0 bridgehead atoms. The maximum absolute atomic E-state index is 12.3. The number of aromatic nitrogens is 2. The molecule has 0 radical (unpaired) electrons. The first-order chi connectivity index (χ1) is 11.6. The average molecular weight is 385 g/mol. The summed E-state index contributed by atoms with van der Waals surface area (Å²) in [4.78, 5) is 18.7. The van der Waals surface area contributed by atoms with Crippen molar-refractivity contribution in [1.29, 1.82) is 0 Å². The molecule has 1 aromatic carbocycles. The summed E-state index contributed by atoms with van der Waals surface area (Å²) in [5, 5.41) is 4.72. The number of rotatable bonds is 4. The van der Waals surface area contributed by atoms with Crippen LogP contribution >= 0.6 is 24.0 Å². The van der Waals surface area contributed by atoms with Crippen LogP contribution in [-0.2, 0) is 4.79 Å². The minimum absolute atomic E-state index is 0. The number of hydrogen-bond donors (Lipinski definition) is 1. The Hall–Kier alpha value is -1.63. The maximum atomic E-state index is 12.3. The number of amides is 1. The van der Waals surface area contributed by atoms with E-state index >= 15 is 0 Å². The van der Waals surface area contributed by atoms with E-state index in [1.165, 1.54) is 0 Å². The summed E-state index contributed by atoms with van der Waals surface area (Å²) in [6.07, 6.45) is 1.86. The van der Waals surface area contributed by atoms with Crippen molar-refractivity contribution in [2.24, 2.45) is 11.7 Å². The molecule has 2 heterocycles. The zero-order valence-corrected chi connectivity index (χ0v) is 15.6. The van der Waals surface area contributed by atoms with E-state index in [0.29, 0.717) is 29.8 Å². The molecule has 0 aliphatic carbocycles. The highest BCUT2D eigenvalue weighted by Crippen LogP contribution is 2.28. The van der Waals surface area contributed by atoms with Crippen LogP contribution in [0.3, 0.4) is 0 Å². The van der Waals surface area contributed by atoms with E-state index in [0.717, 1.165) is 24.9 Å². The smallest absolute Gasteiger partial charge is 0.231 e. The third kappa shape index (κ3) is 4.51. The van der Waals surface area contributed by atoms with Crippen LogP contribution in [0, 0.1) is 5.92 Å². The predicted molar refractivity (Wildman–Crippen MR) is 98.8 cm³/mol. The van der Waals surface area contributed by atoms with Gasteiger partial charge in [-0.25, -0.2) is 0 Å². The summed E-state index contributed by atoms with van der Waals surface area (Å²) in [7, 11) is 0. The van der Waals surface area contributed by atoms with Gasteiger partial charge in [-0.15, -0.1) is 12.4 Å². The Kier molecular flexibility index (Phi) is 6.81. The molecule has 1 saturated heterocycles. The molecule has 1 fully saturated rings. The molecule has 0 spiro atoms.